The molecule has 0 radical (unpaired) electrons. The zero-order valence-corrected chi connectivity index (χ0v) is 14.7. The second kappa shape index (κ2) is 6.27. The third-order valence-corrected chi connectivity index (χ3v) is 4.74. The molecular weight excluding hydrogens is 345 g/mol. The Labute approximate surface area is 150 Å². The summed E-state index contributed by atoms with van der Waals surface area (Å²) >= 11 is 12.2. The van der Waals surface area contributed by atoms with Gasteiger partial charge in [0.05, 0.1) is 16.0 Å². The van der Waals surface area contributed by atoms with Crippen molar-refractivity contribution in [2.24, 2.45) is 5.73 Å². The third kappa shape index (κ3) is 2.77. The Morgan fingerprint density at radius 3 is 2.50 bits per heavy atom. The van der Waals surface area contributed by atoms with E-state index in [1.54, 1.807) is 12.1 Å². The standard InChI is InChI=1S/C18H15Cl2N3O/c1-23(2)11-4-5-12-16(8-11)24-18(22)13(9-21)17(12)10-3-6-14(19)15(20)7-10/h3-8,17H,22H2,1-2H3/t17-/m1/s1. The number of fused-ring (bicyclic) bond motifs is 1. The van der Waals surface area contributed by atoms with Crippen LogP contribution in [0.3, 0.4) is 0 Å². The predicted octanol–water partition coefficient (Wildman–Crippen LogP) is 4.28. The van der Waals surface area contributed by atoms with Crippen LogP contribution in [-0.4, -0.2) is 14.1 Å². The summed E-state index contributed by atoms with van der Waals surface area (Å²) in [5, 5.41) is 10.4. The van der Waals surface area contributed by atoms with Crippen molar-refractivity contribution in [3.05, 3.63) is 69.0 Å². The monoisotopic (exact) mass is 359 g/mol. The lowest BCUT2D eigenvalue weighted by Crippen LogP contribution is -2.21. The first-order valence-electron chi connectivity index (χ1n) is 7.26. The van der Waals surface area contributed by atoms with Crippen molar-refractivity contribution in [3.8, 4) is 11.8 Å². The molecule has 2 N–H and O–H groups in total. The number of halogens is 2. The molecule has 4 nitrogen and oxygen atoms in total. The first-order valence-corrected chi connectivity index (χ1v) is 8.01. The predicted molar refractivity (Wildman–Crippen MR) is 96.5 cm³/mol. The van der Waals surface area contributed by atoms with Crippen molar-refractivity contribution in [1.82, 2.24) is 0 Å². The summed E-state index contributed by atoms with van der Waals surface area (Å²) in [5.74, 6) is 0.399. The van der Waals surface area contributed by atoms with Crippen LogP contribution in [0.5, 0.6) is 5.75 Å². The van der Waals surface area contributed by atoms with Gasteiger partial charge in [-0.3, -0.25) is 0 Å². The summed E-state index contributed by atoms with van der Waals surface area (Å²) < 4.78 is 5.68. The highest BCUT2D eigenvalue weighted by Crippen LogP contribution is 2.44. The number of rotatable bonds is 2. The Kier molecular flexibility index (Phi) is 4.31. The summed E-state index contributed by atoms with van der Waals surface area (Å²) in [6.45, 7) is 0. The number of hydrogen-bond donors (Lipinski definition) is 1. The van der Waals surface area contributed by atoms with Crippen molar-refractivity contribution in [2.75, 3.05) is 19.0 Å². The zero-order chi connectivity index (χ0) is 17.4. The summed E-state index contributed by atoms with van der Waals surface area (Å²) in [5.41, 5.74) is 9.03. The molecule has 122 valence electrons. The van der Waals surface area contributed by atoms with Crippen LogP contribution in [0.4, 0.5) is 5.69 Å². The van der Waals surface area contributed by atoms with Crippen LogP contribution in [0.15, 0.2) is 47.9 Å². The van der Waals surface area contributed by atoms with Crippen molar-refractivity contribution < 1.29 is 4.74 Å². The maximum atomic E-state index is 9.55. The van der Waals surface area contributed by atoms with Gasteiger partial charge in [0.1, 0.15) is 17.4 Å². The van der Waals surface area contributed by atoms with Crippen molar-refractivity contribution in [3.63, 3.8) is 0 Å². The number of benzene rings is 2. The summed E-state index contributed by atoms with van der Waals surface area (Å²) in [7, 11) is 3.89. The lowest BCUT2D eigenvalue weighted by Gasteiger charge is -2.27. The Balaban J connectivity index is 2.20. The SMILES string of the molecule is CN(C)c1ccc2c(c1)OC(N)=C(C#N)[C@@H]2c1ccc(Cl)c(Cl)c1. The van der Waals surface area contributed by atoms with E-state index in [-0.39, 0.29) is 11.8 Å². The molecule has 0 spiro atoms. The molecule has 0 aliphatic carbocycles. The highest BCUT2D eigenvalue weighted by molar-refractivity contribution is 6.42. The zero-order valence-electron chi connectivity index (χ0n) is 13.2. The Morgan fingerprint density at radius 1 is 1.12 bits per heavy atom. The molecule has 6 heteroatoms. The second-order valence-corrected chi connectivity index (χ2v) is 6.53. The van der Waals surface area contributed by atoms with E-state index in [0.717, 1.165) is 16.8 Å². The van der Waals surface area contributed by atoms with Gasteiger partial charge in [0.15, 0.2) is 0 Å². The summed E-state index contributed by atoms with van der Waals surface area (Å²) in [6.07, 6.45) is 0. The van der Waals surface area contributed by atoms with Crippen LogP contribution in [-0.2, 0) is 0 Å². The molecular formula is C18H15Cl2N3O. The van der Waals surface area contributed by atoms with Crippen LogP contribution in [0.1, 0.15) is 17.0 Å². The molecule has 3 rings (SSSR count). The van der Waals surface area contributed by atoms with Gasteiger partial charge in [-0.05, 0) is 23.8 Å². The number of nitrogens with zero attached hydrogens (tertiary/aromatic N) is 2. The van der Waals surface area contributed by atoms with Crippen molar-refractivity contribution >= 4 is 28.9 Å². The highest BCUT2D eigenvalue weighted by Gasteiger charge is 2.31. The van der Waals surface area contributed by atoms with Gasteiger partial charge in [0.25, 0.3) is 0 Å². The van der Waals surface area contributed by atoms with Crippen LogP contribution in [0, 0.1) is 11.3 Å². The average Bonchev–Trinajstić information content (AvgIpc) is 2.55. The van der Waals surface area contributed by atoms with Gasteiger partial charge in [-0.15, -0.1) is 0 Å². The minimum Gasteiger partial charge on any atom is -0.440 e. The summed E-state index contributed by atoms with van der Waals surface area (Å²) in [4.78, 5) is 1.97. The van der Waals surface area contributed by atoms with Gasteiger partial charge in [0, 0.05) is 31.4 Å². The van der Waals surface area contributed by atoms with E-state index in [9.17, 15) is 5.26 Å². The molecule has 0 fully saturated rings. The fraction of sp³-hybridized carbons (Fsp3) is 0.167. The molecule has 1 aliphatic rings. The number of ether oxygens (including phenoxy) is 1. The van der Waals surface area contributed by atoms with Gasteiger partial charge in [-0.25, -0.2) is 0 Å². The van der Waals surface area contributed by atoms with Crippen LogP contribution < -0.4 is 15.4 Å². The molecule has 2 aromatic rings. The largest absolute Gasteiger partial charge is 0.440 e. The van der Waals surface area contributed by atoms with Crippen molar-refractivity contribution in [1.29, 1.82) is 5.26 Å². The maximum Gasteiger partial charge on any atom is 0.205 e. The Morgan fingerprint density at radius 2 is 1.88 bits per heavy atom. The van der Waals surface area contributed by atoms with Crippen LogP contribution in [0.2, 0.25) is 10.0 Å². The van der Waals surface area contributed by atoms with Gasteiger partial charge >= 0.3 is 0 Å². The van der Waals surface area contributed by atoms with E-state index in [4.69, 9.17) is 33.7 Å². The minimum atomic E-state index is -0.343. The molecule has 1 aliphatic heterocycles. The first-order chi connectivity index (χ1) is 11.4. The summed E-state index contributed by atoms with van der Waals surface area (Å²) in [6, 6.07) is 13.3. The quantitative estimate of drug-likeness (QED) is 0.869. The molecule has 0 aromatic heterocycles. The normalized spacial score (nSPS) is 16.2. The molecule has 0 amide bonds. The number of allylic oxidation sites excluding steroid dienone is 1. The van der Waals surface area contributed by atoms with Gasteiger partial charge < -0.3 is 15.4 Å². The number of nitriles is 1. The maximum absolute atomic E-state index is 9.55. The van der Waals surface area contributed by atoms with Crippen LogP contribution >= 0.6 is 23.2 Å². The van der Waals surface area contributed by atoms with E-state index >= 15 is 0 Å². The molecule has 0 saturated heterocycles. The second-order valence-electron chi connectivity index (χ2n) is 5.71. The Bertz CT molecular complexity index is 884. The molecule has 1 atom stereocenters. The van der Waals surface area contributed by atoms with E-state index in [1.165, 1.54) is 0 Å². The number of anilines is 1. The third-order valence-electron chi connectivity index (χ3n) is 4.00. The molecule has 24 heavy (non-hydrogen) atoms. The first kappa shape index (κ1) is 16.5. The molecule has 0 saturated carbocycles. The van der Waals surface area contributed by atoms with Gasteiger partial charge in [-0.2, -0.15) is 5.26 Å². The fourth-order valence-corrected chi connectivity index (χ4v) is 3.06. The molecule has 2 aromatic carbocycles. The smallest absolute Gasteiger partial charge is 0.205 e. The van der Waals surface area contributed by atoms with E-state index in [0.29, 0.717) is 21.4 Å². The lowest BCUT2D eigenvalue weighted by atomic mass is 9.83. The fourth-order valence-electron chi connectivity index (χ4n) is 2.76. The molecule has 0 bridgehead atoms. The van der Waals surface area contributed by atoms with E-state index in [2.05, 4.69) is 6.07 Å². The lowest BCUT2D eigenvalue weighted by molar-refractivity contribution is 0.394. The number of nitrogens with two attached hydrogens (primary N) is 1. The minimum absolute atomic E-state index is 0.108. The van der Waals surface area contributed by atoms with Gasteiger partial charge in [-0.1, -0.05) is 35.3 Å². The topological polar surface area (TPSA) is 62.3 Å². The number of hydrogen-bond acceptors (Lipinski definition) is 4. The average molecular weight is 360 g/mol. The van der Waals surface area contributed by atoms with Crippen LogP contribution in [0.25, 0.3) is 0 Å². The van der Waals surface area contributed by atoms with E-state index < -0.39 is 0 Å². The highest BCUT2D eigenvalue weighted by atomic mass is 35.5. The molecule has 1 heterocycles. The Hall–Kier alpha value is -2.35. The van der Waals surface area contributed by atoms with Gasteiger partial charge in [0.2, 0.25) is 5.88 Å². The van der Waals surface area contributed by atoms with Crippen molar-refractivity contribution in [2.45, 2.75) is 5.92 Å². The molecule has 0 unspecified atom stereocenters. The van der Waals surface area contributed by atoms with E-state index in [1.807, 2.05) is 43.3 Å².